The topological polar surface area (TPSA) is 331 Å². The highest BCUT2D eigenvalue weighted by Gasteiger charge is 2.25. The molecule has 0 unspecified atom stereocenters. The summed E-state index contributed by atoms with van der Waals surface area (Å²) in [5, 5.41) is 75.1. The van der Waals surface area contributed by atoms with Crippen molar-refractivity contribution in [2.75, 3.05) is 21.3 Å². The Morgan fingerprint density at radius 2 is 1.22 bits per heavy atom. The molecular formula is C44H36N10O11. The number of phenols is 2. The molecule has 0 saturated carbocycles. The fourth-order valence-electron chi connectivity index (χ4n) is 6.48. The summed E-state index contributed by atoms with van der Waals surface area (Å²) in [6.07, 6.45) is 4.11. The van der Waals surface area contributed by atoms with Gasteiger partial charge in [-0.3, -0.25) is 29.0 Å². The fourth-order valence-corrected chi connectivity index (χ4v) is 6.48. The van der Waals surface area contributed by atoms with Gasteiger partial charge < -0.3 is 52.1 Å². The summed E-state index contributed by atoms with van der Waals surface area (Å²) in [5.41, 5.74) is -0.523. The first-order chi connectivity index (χ1) is 31.3. The van der Waals surface area contributed by atoms with Gasteiger partial charge in [-0.2, -0.15) is 15.4 Å². The molecule has 21 heteroatoms. The highest BCUT2D eigenvalue weighted by molar-refractivity contribution is 6.09. The lowest BCUT2D eigenvalue weighted by molar-refractivity contribution is -0.118. The summed E-state index contributed by atoms with van der Waals surface area (Å²) in [6, 6.07) is 21.1. The fraction of sp³-hybridized carbons (Fsp3) is 0.0909. The summed E-state index contributed by atoms with van der Waals surface area (Å²) in [7, 11) is 0. The van der Waals surface area contributed by atoms with Gasteiger partial charge in [-0.25, -0.2) is 9.78 Å². The Bertz CT molecular complexity index is 2960. The number of hydrogen-bond acceptors (Lipinski definition) is 14. The molecule has 0 radical (unpaired) electrons. The lowest BCUT2D eigenvalue weighted by Crippen LogP contribution is -2.45. The van der Waals surface area contributed by atoms with E-state index in [1.165, 1.54) is 54.9 Å². The number of carboxylic acids is 1. The van der Waals surface area contributed by atoms with E-state index in [1.807, 2.05) is 24.3 Å². The third kappa shape index (κ3) is 10.0. The van der Waals surface area contributed by atoms with Crippen molar-refractivity contribution in [2.45, 2.75) is 25.7 Å². The van der Waals surface area contributed by atoms with Gasteiger partial charge in [0.2, 0.25) is 5.91 Å². The van der Waals surface area contributed by atoms with Crippen LogP contribution in [0.5, 0.6) is 11.5 Å². The van der Waals surface area contributed by atoms with Crippen LogP contribution in [-0.2, 0) is 24.4 Å². The molecule has 328 valence electrons. The van der Waals surface area contributed by atoms with Crippen molar-refractivity contribution in [2.24, 2.45) is 0 Å². The molecule has 5 amide bonds. The quantitative estimate of drug-likeness (QED) is 0.0701. The monoisotopic (exact) mass is 880 g/mol. The molecule has 0 bridgehead atoms. The molecule has 7 rings (SSSR count). The number of aliphatic hydroxyl groups is 2. The van der Waals surface area contributed by atoms with Crippen molar-refractivity contribution in [3.05, 3.63) is 154 Å². The molecule has 0 fully saturated rings. The number of pyridine rings is 2. The number of benzene rings is 4. The van der Waals surface area contributed by atoms with Crippen LogP contribution >= 0.6 is 0 Å². The normalized spacial score (nSPS) is 11.3. The zero-order chi connectivity index (χ0) is 46.2. The number of rotatable bonds is 15. The van der Waals surface area contributed by atoms with Crippen LogP contribution in [0.1, 0.15) is 68.9 Å². The van der Waals surface area contributed by atoms with Gasteiger partial charge in [0.1, 0.15) is 34.5 Å². The van der Waals surface area contributed by atoms with Crippen LogP contribution in [0.3, 0.4) is 0 Å². The Kier molecular flexibility index (Phi) is 13.1. The van der Waals surface area contributed by atoms with E-state index >= 15 is 0 Å². The molecule has 0 aliphatic rings. The van der Waals surface area contributed by atoms with Crippen LogP contribution < -0.4 is 26.6 Å². The second-order valence-electron chi connectivity index (χ2n) is 14.1. The number of carbonyl (C=O) groups excluding carboxylic acids is 5. The minimum absolute atomic E-state index is 0.0669. The van der Waals surface area contributed by atoms with Gasteiger partial charge >= 0.3 is 5.97 Å². The van der Waals surface area contributed by atoms with Crippen molar-refractivity contribution in [1.29, 1.82) is 0 Å². The molecule has 4 aromatic carbocycles. The number of aromatic nitrogens is 5. The Morgan fingerprint density at radius 3 is 1.85 bits per heavy atom. The van der Waals surface area contributed by atoms with Crippen LogP contribution in [0.4, 0.5) is 22.7 Å². The molecular weight excluding hydrogens is 845 g/mol. The van der Waals surface area contributed by atoms with E-state index in [-0.39, 0.29) is 57.1 Å². The predicted octanol–water partition coefficient (Wildman–Crippen LogP) is 3.58. The number of aromatic carboxylic acids is 1. The van der Waals surface area contributed by atoms with E-state index < -0.39 is 71.8 Å². The smallest absolute Gasteiger partial charge is 0.339 e. The zero-order valence-corrected chi connectivity index (χ0v) is 33.6. The highest BCUT2D eigenvalue weighted by atomic mass is 16.4. The van der Waals surface area contributed by atoms with Crippen molar-refractivity contribution in [1.82, 2.24) is 30.7 Å². The van der Waals surface area contributed by atoms with E-state index in [0.29, 0.717) is 11.4 Å². The van der Waals surface area contributed by atoms with E-state index in [9.17, 15) is 54.3 Å². The van der Waals surface area contributed by atoms with E-state index in [4.69, 9.17) is 0 Å². The van der Waals surface area contributed by atoms with Crippen molar-refractivity contribution in [3.63, 3.8) is 0 Å². The number of nitrogens with zero attached hydrogens (tertiary/aromatic N) is 4. The maximum Gasteiger partial charge on any atom is 0.339 e. The average Bonchev–Trinajstić information content (AvgIpc) is 3.82. The summed E-state index contributed by atoms with van der Waals surface area (Å²) in [4.78, 5) is 85.8. The van der Waals surface area contributed by atoms with Gasteiger partial charge in [0.15, 0.2) is 0 Å². The van der Waals surface area contributed by atoms with Crippen molar-refractivity contribution >= 4 is 69.0 Å². The second kappa shape index (κ2) is 19.3. The van der Waals surface area contributed by atoms with Crippen molar-refractivity contribution < 1.29 is 54.3 Å². The molecule has 11 N–H and O–H groups in total. The van der Waals surface area contributed by atoms with E-state index in [1.54, 1.807) is 12.3 Å². The number of anilines is 4. The van der Waals surface area contributed by atoms with Gasteiger partial charge in [-0.15, -0.1) is 0 Å². The van der Waals surface area contributed by atoms with Gasteiger partial charge in [-0.05, 0) is 72.1 Å². The second-order valence-corrected chi connectivity index (χ2v) is 14.1. The number of aliphatic hydroxyl groups excluding tert-OH is 2. The lowest BCUT2D eigenvalue weighted by atomic mass is 10.0. The maximum absolute atomic E-state index is 13.6. The van der Waals surface area contributed by atoms with E-state index in [0.717, 1.165) is 29.0 Å². The summed E-state index contributed by atoms with van der Waals surface area (Å²) in [5.74, 6) is -6.43. The maximum atomic E-state index is 13.6. The largest absolute Gasteiger partial charge is 0.507 e. The number of carbonyl (C=O) groups is 6. The van der Waals surface area contributed by atoms with E-state index in [2.05, 4.69) is 52.0 Å². The third-order valence-electron chi connectivity index (χ3n) is 9.89. The van der Waals surface area contributed by atoms with Crippen molar-refractivity contribution in [3.8, 4) is 11.5 Å². The van der Waals surface area contributed by atoms with Crippen LogP contribution in [0.2, 0.25) is 0 Å². The molecule has 0 spiro atoms. The van der Waals surface area contributed by atoms with Gasteiger partial charge in [0.05, 0.1) is 53.9 Å². The van der Waals surface area contributed by atoms with Crippen LogP contribution in [0.25, 0.3) is 10.8 Å². The first-order valence-corrected chi connectivity index (χ1v) is 19.3. The average molecular weight is 881 g/mol. The number of H-pyrrole nitrogens is 1. The summed E-state index contributed by atoms with van der Waals surface area (Å²) in [6.45, 7) is -1.67. The zero-order valence-electron chi connectivity index (χ0n) is 33.6. The standard InChI is InChI=1S/C44H36N10O11/c55-20-30-33(13-10-28(37(30)57)40(60)50-32-14-11-29(44(64)65)38(58)31(32)21-56)51-41(61)34-12-9-26(18-46-34)49-43(63)36(16-27-19-47-54-53-27)52-39(59)22-5-7-25(8-6-22)48-42(62)35-15-23-3-1-2-4-24(23)17-45-35/h1-15,17-19,36,55-58H,16,20-21H2,(H,48,62)(H,49,63)(H,50,60)(H,51,61)(H,52,59)(H,64,65)(H,47,53,54)/t36-/m0/s1. The number of hydrogen-bond donors (Lipinski definition) is 11. The number of nitrogens with one attached hydrogen (secondary N) is 6. The SMILES string of the molecule is O=C(N[C@@H](Cc1cn[nH]n1)C(=O)Nc1ccc(C(=O)Nc2ccc(C(=O)Nc3ccc(C(=O)O)c(O)c3CO)c(O)c2CO)nc1)c1ccc(NC(=O)c2cc3ccccc3cn2)cc1. The Balaban J connectivity index is 0.980. The van der Waals surface area contributed by atoms with Crippen LogP contribution in [0, 0.1) is 0 Å². The third-order valence-corrected chi connectivity index (χ3v) is 9.89. The Hall–Kier alpha value is -9.08. The molecule has 3 heterocycles. The first kappa shape index (κ1) is 44.0. The Labute approximate surface area is 366 Å². The molecule has 1 atom stereocenters. The number of amides is 5. The minimum Gasteiger partial charge on any atom is -0.507 e. The molecule has 0 saturated heterocycles. The Morgan fingerprint density at radius 1 is 0.600 bits per heavy atom. The number of carboxylic acid groups (broad SMARTS) is 1. The highest BCUT2D eigenvalue weighted by Crippen LogP contribution is 2.33. The van der Waals surface area contributed by atoms with Crippen LogP contribution in [0.15, 0.2) is 110 Å². The lowest BCUT2D eigenvalue weighted by Gasteiger charge is -2.18. The minimum atomic E-state index is -1.47. The molecule has 0 aliphatic carbocycles. The molecule has 21 nitrogen and oxygen atoms in total. The summed E-state index contributed by atoms with van der Waals surface area (Å²) < 4.78 is 0. The number of aromatic amines is 1. The molecule has 0 aliphatic heterocycles. The molecule has 65 heavy (non-hydrogen) atoms. The molecule has 7 aromatic rings. The van der Waals surface area contributed by atoms with Gasteiger partial charge in [-0.1, -0.05) is 24.3 Å². The first-order valence-electron chi connectivity index (χ1n) is 19.3. The van der Waals surface area contributed by atoms with Crippen LogP contribution in [-0.4, -0.2) is 92.5 Å². The molecule has 3 aromatic heterocycles. The van der Waals surface area contributed by atoms with Gasteiger partial charge in [0.25, 0.3) is 23.6 Å². The number of fused-ring (bicyclic) bond motifs is 1. The summed E-state index contributed by atoms with van der Waals surface area (Å²) >= 11 is 0. The predicted molar refractivity (Wildman–Crippen MR) is 231 cm³/mol. The van der Waals surface area contributed by atoms with Gasteiger partial charge in [0, 0.05) is 40.4 Å². The number of aromatic hydroxyl groups is 2.